The number of fused-ring (bicyclic) bond motifs is 7. The first-order chi connectivity index (χ1) is 17.3. The number of esters is 3. The average molecular weight is 489 g/mol. The van der Waals surface area contributed by atoms with Crippen LogP contribution in [0, 0.1) is 5.41 Å². The normalized spacial score (nSPS) is 23.4. The molecule has 0 aliphatic carbocycles. The van der Waals surface area contributed by atoms with Crippen LogP contribution < -0.4 is 9.47 Å². The van der Waals surface area contributed by atoms with Crippen molar-refractivity contribution in [2.45, 2.75) is 18.9 Å². The van der Waals surface area contributed by atoms with E-state index in [4.69, 9.17) is 18.9 Å². The summed E-state index contributed by atoms with van der Waals surface area (Å²) in [6, 6.07) is 11.1. The number of hydrogen-bond acceptors (Lipinski definition) is 9. The summed E-state index contributed by atoms with van der Waals surface area (Å²) in [5, 5.41) is 0. The van der Waals surface area contributed by atoms with Gasteiger partial charge in [0.2, 0.25) is 0 Å². The number of ketones is 1. The van der Waals surface area contributed by atoms with Gasteiger partial charge in [-0.05, 0) is 30.2 Å². The van der Waals surface area contributed by atoms with Gasteiger partial charge in [0.15, 0.2) is 22.7 Å². The molecular formula is C27H23NO8. The predicted octanol–water partition coefficient (Wildman–Crippen LogP) is 2.91. The maximum Gasteiger partial charge on any atom is 0.355 e. The molecule has 0 unspecified atom stereocenters. The van der Waals surface area contributed by atoms with Crippen LogP contribution in [0.2, 0.25) is 0 Å². The molecule has 36 heavy (non-hydrogen) atoms. The minimum absolute atomic E-state index is 0.0746. The molecule has 0 N–H and O–H groups in total. The number of Topliss-reactive ketones (excluding diaryl/α,β-unsaturated/α-hetero) is 1. The van der Waals surface area contributed by atoms with Crippen molar-refractivity contribution in [3.8, 4) is 11.5 Å². The van der Waals surface area contributed by atoms with Gasteiger partial charge in [-0.15, -0.1) is 0 Å². The Hall–Kier alpha value is -4.40. The first kappa shape index (κ1) is 23.3. The van der Waals surface area contributed by atoms with Gasteiger partial charge >= 0.3 is 17.9 Å². The smallest absolute Gasteiger partial charge is 0.355 e. The summed E-state index contributed by atoms with van der Waals surface area (Å²) in [4.78, 5) is 55.8. The summed E-state index contributed by atoms with van der Waals surface area (Å²) in [5.74, 6) is -3.98. The third-order valence-electron chi connectivity index (χ3n) is 7.11. The maximum atomic E-state index is 14.0. The maximum absolute atomic E-state index is 14.0. The molecule has 0 fully saturated rings. The lowest BCUT2D eigenvalue weighted by atomic mass is 9.56. The lowest BCUT2D eigenvalue weighted by molar-refractivity contribution is -0.163. The zero-order chi connectivity index (χ0) is 25.8. The molecule has 9 nitrogen and oxygen atoms in total. The number of para-hydroxylation sites is 1. The van der Waals surface area contributed by atoms with Crippen LogP contribution in [0.15, 0.2) is 59.9 Å². The van der Waals surface area contributed by atoms with E-state index < -0.39 is 41.1 Å². The largest absolute Gasteiger partial charge is 0.493 e. The van der Waals surface area contributed by atoms with Gasteiger partial charge in [0.25, 0.3) is 0 Å². The average Bonchev–Trinajstić information content (AvgIpc) is 2.90. The number of carbonyl (C=O) groups excluding carboxylic acids is 4. The van der Waals surface area contributed by atoms with Crippen LogP contribution in [0.25, 0.3) is 6.08 Å². The molecule has 0 spiro atoms. The molecule has 0 bridgehead atoms. The number of carbonyl (C=O) groups is 4. The van der Waals surface area contributed by atoms with E-state index in [0.29, 0.717) is 11.1 Å². The highest BCUT2D eigenvalue weighted by atomic mass is 16.6. The Morgan fingerprint density at radius 2 is 1.64 bits per heavy atom. The van der Waals surface area contributed by atoms with Gasteiger partial charge in [-0.2, -0.15) is 0 Å². The van der Waals surface area contributed by atoms with Crippen LogP contribution >= 0.6 is 0 Å². The van der Waals surface area contributed by atoms with Crippen molar-refractivity contribution in [3.63, 3.8) is 0 Å². The Morgan fingerprint density at radius 3 is 2.31 bits per heavy atom. The highest BCUT2D eigenvalue weighted by Crippen LogP contribution is 2.63. The highest BCUT2D eigenvalue weighted by Gasteiger charge is 2.68. The van der Waals surface area contributed by atoms with Gasteiger partial charge < -0.3 is 23.8 Å². The lowest BCUT2D eigenvalue weighted by Gasteiger charge is -2.54. The second-order valence-electron chi connectivity index (χ2n) is 8.63. The van der Waals surface area contributed by atoms with E-state index in [9.17, 15) is 19.2 Å². The molecule has 3 heterocycles. The third-order valence-corrected chi connectivity index (χ3v) is 7.11. The quantitative estimate of drug-likeness (QED) is 0.364. The van der Waals surface area contributed by atoms with Crippen LogP contribution in [0.3, 0.4) is 0 Å². The fourth-order valence-electron chi connectivity index (χ4n) is 5.65. The Bertz CT molecular complexity index is 1390. The number of methoxy groups -OCH3 is 3. The van der Waals surface area contributed by atoms with E-state index in [1.165, 1.54) is 33.2 Å². The van der Waals surface area contributed by atoms with E-state index in [-0.39, 0.29) is 22.8 Å². The van der Waals surface area contributed by atoms with Crippen LogP contribution in [0.4, 0.5) is 0 Å². The van der Waals surface area contributed by atoms with E-state index in [1.54, 1.807) is 42.6 Å². The Balaban J connectivity index is 1.99. The third kappa shape index (κ3) is 2.89. The molecule has 2 aromatic rings. The Kier molecular flexibility index (Phi) is 5.43. The topological polar surface area (TPSA) is 108 Å². The van der Waals surface area contributed by atoms with E-state index in [2.05, 4.69) is 0 Å². The van der Waals surface area contributed by atoms with E-state index >= 15 is 0 Å². The van der Waals surface area contributed by atoms with Gasteiger partial charge in [-0.25, -0.2) is 9.59 Å². The molecule has 3 atom stereocenters. The van der Waals surface area contributed by atoms with Crippen molar-refractivity contribution >= 4 is 29.8 Å². The summed E-state index contributed by atoms with van der Waals surface area (Å²) < 4.78 is 21.4. The van der Waals surface area contributed by atoms with Crippen molar-refractivity contribution < 1.29 is 38.1 Å². The standard InChI is InChI=1S/C27H23NO8/c1-14(29)27-20(17-10-7-11-18(33-2)22(17)36-26(27)32)19(24(30)34-3)21(25(31)35-4)28-13-12-15-8-5-6-9-16(15)23(27)28/h5-13,20,23H,1-4H3/t20-,23+,27-/m1/s1. The van der Waals surface area contributed by atoms with Crippen molar-refractivity contribution in [3.05, 3.63) is 76.6 Å². The molecule has 0 saturated carbocycles. The molecule has 2 aromatic carbocycles. The van der Waals surface area contributed by atoms with E-state index in [1.807, 2.05) is 12.1 Å². The lowest BCUT2D eigenvalue weighted by Crippen LogP contribution is -2.61. The predicted molar refractivity (Wildman–Crippen MR) is 126 cm³/mol. The zero-order valence-corrected chi connectivity index (χ0v) is 20.1. The van der Waals surface area contributed by atoms with Crippen LogP contribution in [-0.2, 0) is 28.7 Å². The highest BCUT2D eigenvalue weighted by molar-refractivity contribution is 6.12. The number of rotatable bonds is 4. The molecule has 0 amide bonds. The summed E-state index contributed by atoms with van der Waals surface area (Å²) in [6.07, 6.45) is 3.31. The van der Waals surface area contributed by atoms with Gasteiger partial charge in [-0.1, -0.05) is 36.4 Å². The Morgan fingerprint density at radius 1 is 0.944 bits per heavy atom. The molecule has 9 heteroatoms. The molecule has 5 rings (SSSR count). The van der Waals surface area contributed by atoms with Crippen LogP contribution in [-0.4, -0.2) is 49.9 Å². The molecule has 184 valence electrons. The first-order valence-electron chi connectivity index (χ1n) is 11.2. The summed E-state index contributed by atoms with van der Waals surface area (Å²) in [7, 11) is 3.78. The van der Waals surface area contributed by atoms with E-state index in [0.717, 1.165) is 5.56 Å². The van der Waals surface area contributed by atoms with Gasteiger partial charge in [0, 0.05) is 17.7 Å². The second-order valence-corrected chi connectivity index (χ2v) is 8.63. The molecular weight excluding hydrogens is 466 g/mol. The first-order valence-corrected chi connectivity index (χ1v) is 11.2. The SMILES string of the molecule is COC(=O)C1=C(C(=O)OC)N2C=Cc3ccccc3[C@H]2[C@]2(C(C)=O)C(=O)Oc3c(OC)cccc3[C@H]12. The fraction of sp³-hybridized carbons (Fsp3) is 0.259. The fourth-order valence-corrected chi connectivity index (χ4v) is 5.65. The second kappa shape index (κ2) is 8.37. The molecule has 3 aliphatic rings. The van der Waals surface area contributed by atoms with Gasteiger partial charge in [0.05, 0.1) is 32.9 Å². The number of nitrogens with zero attached hydrogens (tertiary/aromatic N) is 1. The van der Waals surface area contributed by atoms with Gasteiger partial charge in [-0.3, -0.25) is 9.59 Å². The number of ether oxygens (including phenoxy) is 4. The van der Waals surface area contributed by atoms with Crippen LogP contribution in [0.5, 0.6) is 11.5 Å². The van der Waals surface area contributed by atoms with Crippen LogP contribution in [0.1, 0.15) is 35.6 Å². The van der Waals surface area contributed by atoms with Crippen molar-refractivity contribution in [1.29, 1.82) is 0 Å². The summed E-state index contributed by atoms with van der Waals surface area (Å²) in [6.45, 7) is 1.29. The Labute approximate surface area is 206 Å². The summed E-state index contributed by atoms with van der Waals surface area (Å²) >= 11 is 0. The molecule has 0 aromatic heterocycles. The summed E-state index contributed by atoms with van der Waals surface area (Å²) in [5.41, 5.74) is -0.502. The number of benzene rings is 2. The molecule has 3 aliphatic heterocycles. The van der Waals surface area contributed by atoms with Crippen molar-refractivity contribution in [2.24, 2.45) is 5.41 Å². The minimum Gasteiger partial charge on any atom is -0.493 e. The van der Waals surface area contributed by atoms with Gasteiger partial charge in [0.1, 0.15) is 5.70 Å². The monoisotopic (exact) mass is 489 g/mol. The molecule has 0 saturated heterocycles. The number of hydrogen-bond donors (Lipinski definition) is 0. The van der Waals surface area contributed by atoms with Crippen molar-refractivity contribution in [1.82, 2.24) is 4.90 Å². The minimum atomic E-state index is -1.93. The van der Waals surface area contributed by atoms with Crippen molar-refractivity contribution in [2.75, 3.05) is 21.3 Å². The zero-order valence-electron chi connectivity index (χ0n) is 20.1. The molecule has 0 radical (unpaired) electrons.